The molecular formula is C30H38ClN2O6+. The van der Waals surface area contributed by atoms with Crippen LogP contribution in [0.2, 0.25) is 5.02 Å². The number of aliphatic hydroxyl groups is 1. The third-order valence-electron chi connectivity index (χ3n) is 7.24. The van der Waals surface area contributed by atoms with Crippen LogP contribution < -0.4 is 14.4 Å². The molecule has 39 heavy (non-hydrogen) atoms. The Hall–Kier alpha value is -3.07. The molecule has 2 aliphatic rings. The Kier molecular flexibility index (Phi) is 9.88. The highest BCUT2D eigenvalue weighted by Gasteiger charge is 2.46. The average molecular weight is 558 g/mol. The highest BCUT2D eigenvalue weighted by Crippen LogP contribution is 2.42. The molecule has 0 saturated carbocycles. The monoisotopic (exact) mass is 557 g/mol. The highest BCUT2D eigenvalue weighted by atomic mass is 35.5. The number of amides is 1. The molecule has 0 spiro atoms. The van der Waals surface area contributed by atoms with E-state index in [1.165, 1.54) is 4.90 Å². The lowest BCUT2D eigenvalue weighted by Crippen LogP contribution is -3.14. The van der Waals surface area contributed by atoms with Crippen LogP contribution in [0.5, 0.6) is 11.5 Å². The second kappa shape index (κ2) is 13.3. The SMILES string of the molecule is COc1cc([C@@H]2C(=C(O)c3ccc(Cl)cc3)C(=O)C(=O)N2CCC[NH+]2CCOCC2)ccc1OCCC(C)C. The zero-order chi connectivity index (χ0) is 27.9. The van der Waals surface area contributed by atoms with Crippen molar-refractivity contribution in [3.05, 3.63) is 64.2 Å². The number of likely N-dealkylation sites (tertiary alicyclic amines) is 1. The largest absolute Gasteiger partial charge is 0.507 e. The second-order valence-corrected chi connectivity index (χ2v) is 10.8. The van der Waals surface area contributed by atoms with E-state index in [9.17, 15) is 14.7 Å². The van der Waals surface area contributed by atoms with Crippen LogP contribution in [0.4, 0.5) is 0 Å². The lowest BCUT2D eigenvalue weighted by molar-refractivity contribution is -0.908. The number of benzene rings is 2. The van der Waals surface area contributed by atoms with E-state index < -0.39 is 17.7 Å². The summed E-state index contributed by atoms with van der Waals surface area (Å²) >= 11 is 6.04. The molecular weight excluding hydrogens is 520 g/mol. The number of carbonyl (C=O) groups excluding carboxylic acids is 2. The molecule has 0 aromatic heterocycles. The number of nitrogens with one attached hydrogen (secondary N) is 1. The number of carbonyl (C=O) groups is 2. The van der Waals surface area contributed by atoms with Crippen LogP contribution in [0.3, 0.4) is 0 Å². The highest BCUT2D eigenvalue weighted by molar-refractivity contribution is 6.46. The van der Waals surface area contributed by atoms with Gasteiger partial charge in [-0.15, -0.1) is 0 Å². The molecule has 2 heterocycles. The first-order valence-corrected chi connectivity index (χ1v) is 13.9. The summed E-state index contributed by atoms with van der Waals surface area (Å²) in [4.78, 5) is 29.7. The number of Topliss-reactive ketones (excluding diaryl/α,β-unsaturated/α-hetero) is 1. The number of ether oxygens (including phenoxy) is 3. The molecule has 4 rings (SSSR count). The number of nitrogens with zero attached hydrogens (tertiary/aromatic N) is 1. The van der Waals surface area contributed by atoms with E-state index in [0.717, 1.165) is 39.3 Å². The molecule has 2 aliphatic heterocycles. The first-order valence-electron chi connectivity index (χ1n) is 13.6. The smallest absolute Gasteiger partial charge is 0.295 e. The van der Waals surface area contributed by atoms with Crippen LogP contribution in [0.1, 0.15) is 43.9 Å². The maximum absolute atomic E-state index is 13.4. The van der Waals surface area contributed by atoms with Gasteiger partial charge in [-0.25, -0.2) is 0 Å². The summed E-state index contributed by atoms with van der Waals surface area (Å²) in [6.07, 6.45) is 1.62. The van der Waals surface area contributed by atoms with E-state index in [1.54, 1.807) is 48.4 Å². The number of ketones is 1. The minimum absolute atomic E-state index is 0.0524. The quantitative estimate of drug-likeness (QED) is 0.250. The lowest BCUT2D eigenvalue weighted by Gasteiger charge is -2.28. The summed E-state index contributed by atoms with van der Waals surface area (Å²) in [6, 6.07) is 11.2. The van der Waals surface area contributed by atoms with Crippen LogP contribution in [0.25, 0.3) is 5.76 Å². The van der Waals surface area contributed by atoms with Crippen molar-refractivity contribution < 1.29 is 33.8 Å². The Bertz CT molecular complexity index is 1190. The van der Waals surface area contributed by atoms with Crippen molar-refractivity contribution in [1.29, 1.82) is 0 Å². The first-order chi connectivity index (χ1) is 18.8. The molecule has 0 unspecified atom stereocenters. The summed E-state index contributed by atoms with van der Waals surface area (Å²) in [5.41, 5.74) is 1.13. The van der Waals surface area contributed by atoms with E-state index in [2.05, 4.69) is 13.8 Å². The van der Waals surface area contributed by atoms with Crippen LogP contribution in [-0.2, 0) is 14.3 Å². The van der Waals surface area contributed by atoms with Crippen molar-refractivity contribution in [2.24, 2.45) is 5.92 Å². The van der Waals surface area contributed by atoms with Crippen molar-refractivity contribution in [3.8, 4) is 11.5 Å². The van der Waals surface area contributed by atoms with Crippen molar-refractivity contribution in [2.45, 2.75) is 32.7 Å². The van der Waals surface area contributed by atoms with E-state index in [-0.39, 0.29) is 11.3 Å². The summed E-state index contributed by atoms with van der Waals surface area (Å²) in [5, 5.41) is 11.8. The molecule has 0 radical (unpaired) electrons. The molecule has 8 nitrogen and oxygen atoms in total. The summed E-state index contributed by atoms with van der Waals surface area (Å²) in [5.74, 6) is 0.0411. The standard InChI is InChI=1S/C30H37ClN2O6/c1-20(2)11-16-39-24-10-7-22(19-25(24)37-3)27-26(28(34)21-5-8-23(31)9-6-21)29(35)30(36)33(27)13-4-12-32-14-17-38-18-15-32/h5-10,19-20,27,34H,4,11-18H2,1-3H3/p+1/t27-/m1/s1. The Balaban J connectivity index is 1.68. The number of hydrogen-bond donors (Lipinski definition) is 2. The van der Waals surface area contributed by atoms with Crippen LogP contribution >= 0.6 is 11.6 Å². The van der Waals surface area contributed by atoms with Gasteiger partial charge >= 0.3 is 0 Å². The van der Waals surface area contributed by atoms with Gasteiger partial charge in [0, 0.05) is 23.6 Å². The fourth-order valence-corrected chi connectivity index (χ4v) is 5.13. The van der Waals surface area contributed by atoms with Crippen LogP contribution in [0, 0.1) is 5.92 Å². The van der Waals surface area contributed by atoms with Crippen molar-refractivity contribution in [3.63, 3.8) is 0 Å². The van der Waals surface area contributed by atoms with E-state index in [0.29, 0.717) is 53.1 Å². The van der Waals surface area contributed by atoms with Gasteiger partial charge in [0.05, 0.1) is 45.1 Å². The molecule has 1 atom stereocenters. The van der Waals surface area contributed by atoms with Gasteiger partial charge in [0.2, 0.25) is 0 Å². The molecule has 210 valence electrons. The van der Waals surface area contributed by atoms with Crippen LogP contribution in [-0.4, -0.2) is 74.8 Å². The van der Waals surface area contributed by atoms with Crippen LogP contribution in [0.15, 0.2) is 48.0 Å². The predicted octanol–water partition coefficient (Wildman–Crippen LogP) is 3.50. The third kappa shape index (κ3) is 6.93. The Morgan fingerprint density at radius 1 is 1.13 bits per heavy atom. The second-order valence-electron chi connectivity index (χ2n) is 10.4. The number of rotatable bonds is 11. The molecule has 2 aromatic rings. The van der Waals surface area contributed by atoms with Crippen molar-refractivity contribution >= 4 is 29.1 Å². The Morgan fingerprint density at radius 2 is 1.85 bits per heavy atom. The maximum atomic E-state index is 13.4. The number of morpholine rings is 1. The van der Waals surface area contributed by atoms with E-state index in [4.69, 9.17) is 25.8 Å². The van der Waals surface area contributed by atoms with Gasteiger partial charge in [-0.1, -0.05) is 31.5 Å². The van der Waals surface area contributed by atoms with E-state index in [1.807, 2.05) is 6.07 Å². The molecule has 2 fully saturated rings. The Labute approximate surface area is 235 Å². The maximum Gasteiger partial charge on any atom is 0.295 e. The number of halogens is 1. The molecule has 2 saturated heterocycles. The third-order valence-corrected chi connectivity index (χ3v) is 7.50. The molecule has 2 aromatic carbocycles. The van der Waals surface area contributed by atoms with Gasteiger partial charge in [-0.3, -0.25) is 9.59 Å². The van der Waals surface area contributed by atoms with Gasteiger partial charge in [0.15, 0.2) is 11.5 Å². The minimum Gasteiger partial charge on any atom is -0.507 e. The van der Waals surface area contributed by atoms with Crippen molar-refractivity contribution in [1.82, 2.24) is 4.90 Å². The number of hydrogen-bond acceptors (Lipinski definition) is 6. The zero-order valence-corrected chi connectivity index (χ0v) is 23.6. The Morgan fingerprint density at radius 3 is 2.51 bits per heavy atom. The van der Waals surface area contributed by atoms with Gasteiger partial charge in [-0.2, -0.15) is 0 Å². The van der Waals surface area contributed by atoms with E-state index >= 15 is 0 Å². The lowest BCUT2D eigenvalue weighted by atomic mass is 9.95. The predicted molar refractivity (Wildman–Crippen MR) is 149 cm³/mol. The van der Waals surface area contributed by atoms with Gasteiger partial charge in [0.1, 0.15) is 18.8 Å². The summed E-state index contributed by atoms with van der Waals surface area (Å²) < 4.78 is 17.0. The molecule has 9 heteroatoms. The van der Waals surface area contributed by atoms with Gasteiger partial charge in [0.25, 0.3) is 11.7 Å². The van der Waals surface area contributed by atoms with Gasteiger partial charge < -0.3 is 29.1 Å². The molecule has 1 amide bonds. The number of aliphatic hydroxyl groups excluding tert-OH is 1. The molecule has 0 bridgehead atoms. The average Bonchev–Trinajstić information content (AvgIpc) is 3.18. The van der Waals surface area contributed by atoms with Gasteiger partial charge in [-0.05, 0) is 54.3 Å². The topological polar surface area (TPSA) is 89.7 Å². The fraction of sp³-hybridized carbons (Fsp3) is 0.467. The fourth-order valence-electron chi connectivity index (χ4n) is 5.01. The normalized spacial score (nSPS) is 19.6. The zero-order valence-electron chi connectivity index (χ0n) is 22.9. The molecule has 2 N–H and O–H groups in total. The summed E-state index contributed by atoms with van der Waals surface area (Å²) in [7, 11) is 1.56. The minimum atomic E-state index is -0.765. The molecule has 0 aliphatic carbocycles. The number of methoxy groups -OCH3 is 1. The van der Waals surface area contributed by atoms with Crippen molar-refractivity contribution in [2.75, 3.05) is 53.1 Å². The summed E-state index contributed by atoms with van der Waals surface area (Å²) in [6.45, 7) is 9.36. The number of quaternary nitrogens is 1. The first kappa shape index (κ1) is 28.9.